The molecule has 3 N–H and O–H groups in total. The van der Waals surface area contributed by atoms with Crippen molar-refractivity contribution in [2.45, 2.75) is 56.9 Å². The Labute approximate surface area is 224 Å². The molecule has 3 heterocycles. The van der Waals surface area contributed by atoms with Crippen molar-refractivity contribution in [3.05, 3.63) is 88.9 Å². The van der Waals surface area contributed by atoms with Crippen molar-refractivity contribution >= 4 is 25.8 Å². The lowest BCUT2D eigenvalue weighted by Gasteiger charge is -2.23. The summed E-state index contributed by atoms with van der Waals surface area (Å²) in [6.07, 6.45) is 3.93. The smallest absolute Gasteiger partial charge is 0.337 e. The van der Waals surface area contributed by atoms with Gasteiger partial charge in [-0.05, 0) is 42.6 Å². The number of amides is 1. The summed E-state index contributed by atoms with van der Waals surface area (Å²) >= 11 is 0. The average molecular weight is 533 g/mol. The summed E-state index contributed by atoms with van der Waals surface area (Å²) in [5.74, 6) is -0.427. The Morgan fingerprint density at radius 1 is 1.16 bits per heavy atom. The van der Waals surface area contributed by atoms with Crippen LogP contribution in [0.25, 0.3) is 0 Å². The van der Waals surface area contributed by atoms with Gasteiger partial charge in [0.05, 0.1) is 11.0 Å². The summed E-state index contributed by atoms with van der Waals surface area (Å²) in [5.41, 5.74) is 8.63. The van der Waals surface area contributed by atoms with E-state index < -0.39 is 19.5 Å². The molecule has 9 heteroatoms. The lowest BCUT2D eigenvalue weighted by molar-refractivity contribution is -0.124. The number of carboxylic acid groups (broad SMARTS) is 1. The number of rotatable bonds is 7. The van der Waals surface area contributed by atoms with Gasteiger partial charge in [0, 0.05) is 50.8 Å². The van der Waals surface area contributed by atoms with E-state index in [9.17, 15) is 14.7 Å². The zero-order valence-corrected chi connectivity index (χ0v) is 23.5. The molecule has 38 heavy (non-hydrogen) atoms. The number of carbonyl (C=O) groups is 2. The number of pyridine rings is 2. The van der Waals surface area contributed by atoms with Gasteiger partial charge in [-0.15, -0.1) is 0 Å². The fourth-order valence-electron chi connectivity index (χ4n) is 4.85. The van der Waals surface area contributed by atoms with Crippen LogP contribution in [0.5, 0.6) is 0 Å². The van der Waals surface area contributed by atoms with Gasteiger partial charge in [0.1, 0.15) is 12.5 Å². The highest BCUT2D eigenvalue weighted by Crippen LogP contribution is 2.48. The molecule has 1 aromatic carbocycles. The van der Waals surface area contributed by atoms with E-state index in [1.165, 1.54) is 11.8 Å². The number of ether oxygens (including phenoxy) is 1. The summed E-state index contributed by atoms with van der Waals surface area (Å²) in [4.78, 5) is 35.3. The Morgan fingerprint density at radius 2 is 1.89 bits per heavy atom. The minimum absolute atomic E-state index is 0.0471. The predicted molar refractivity (Wildman–Crippen MR) is 150 cm³/mol. The van der Waals surface area contributed by atoms with Crippen LogP contribution in [-0.2, 0) is 27.8 Å². The monoisotopic (exact) mass is 532 g/mol. The third-order valence-electron chi connectivity index (χ3n) is 7.02. The maximum absolute atomic E-state index is 13.5. The quantitative estimate of drug-likeness (QED) is 0.338. The molecule has 0 radical (unpaired) electrons. The van der Waals surface area contributed by atoms with E-state index in [-0.39, 0.29) is 24.2 Å². The normalized spacial score (nSPS) is 18.6. The van der Waals surface area contributed by atoms with Crippen LogP contribution < -0.4 is 10.6 Å². The molecule has 0 unspecified atom stereocenters. The van der Waals surface area contributed by atoms with Crippen molar-refractivity contribution in [3.63, 3.8) is 0 Å². The first-order valence-electron chi connectivity index (χ1n) is 12.9. The second kappa shape index (κ2) is 11.1. The SMILES string of the molecule is C[C@H](N)c1ccccc1.C[Si](C)(C)CCOCN1C(=O)[C@]2(Cc3cc(C(=O)O)cnc3C2)c2cccnc21. The Morgan fingerprint density at radius 3 is 2.53 bits per heavy atom. The number of nitrogens with two attached hydrogens (primary N) is 1. The van der Waals surface area contributed by atoms with Crippen LogP contribution in [0.3, 0.4) is 0 Å². The number of fused-ring (bicyclic) bond motifs is 3. The molecule has 1 spiro atoms. The van der Waals surface area contributed by atoms with Crippen molar-refractivity contribution in [1.29, 1.82) is 0 Å². The van der Waals surface area contributed by atoms with Gasteiger partial charge >= 0.3 is 5.97 Å². The number of nitrogens with zero attached hydrogens (tertiary/aromatic N) is 3. The number of aromatic carboxylic acids is 1. The number of hydrogen-bond acceptors (Lipinski definition) is 6. The van der Waals surface area contributed by atoms with Gasteiger partial charge in [-0.3, -0.25) is 14.7 Å². The Kier molecular flexibility index (Phi) is 8.10. The van der Waals surface area contributed by atoms with Crippen molar-refractivity contribution in [3.8, 4) is 0 Å². The molecule has 0 fully saturated rings. The Bertz CT molecular complexity index is 1310. The molecule has 3 aromatic rings. The molecule has 0 bridgehead atoms. The molecule has 2 atom stereocenters. The van der Waals surface area contributed by atoms with Crippen LogP contribution in [0, 0.1) is 0 Å². The number of hydrogen-bond donors (Lipinski definition) is 2. The zero-order valence-electron chi connectivity index (χ0n) is 22.5. The van der Waals surface area contributed by atoms with Gasteiger partial charge in [-0.2, -0.15) is 0 Å². The second-order valence-electron chi connectivity index (χ2n) is 11.2. The Balaban J connectivity index is 0.000000317. The van der Waals surface area contributed by atoms with Gasteiger partial charge in [0.15, 0.2) is 0 Å². The topological polar surface area (TPSA) is 119 Å². The molecule has 2 aromatic heterocycles. The fraction of sp³-hybridized carbons (Fsp3) is 0.379. The molecule has 1 aliphatic carbocycles. The summed E-state index contributed by atoms with van der Waals surface area (Å²) < 4.78 is 5.86. The lowest BCUT2D eigenvalue weighted by Crippen LogP contribution is -2.42. The minimum Gasteiger partial charge on any atom is -0.478 e. The minimum atomic E-state index is -1.21. The molecule has 5 rings (SSSR count). The average Bonchev–Trinajstić information content (AvgIpc) is 3.38. The van der Waals surface area contributed by atoms with Crippen LogP contribution in [-0.4, -0.2) is 48.4 Å². The molecule has 200 valence electrons. The van der Waals surface area contributed by atoms with E-state index in [1.54, 1.807) is 17.2 Å². The largest absolute Gasteiger partial charge is 0.478 e. The van der Waals surface area contributed by atoms with Crippen LogP contribution in [0.2, 0.25) is 25.7 Å². The van der Waals surface area contributed by atoms with Gasteiger partial charge in [-0.25, -0.2) is 9.78 Å². The number of carbonyl (C=O) groups excluding carboxylic acids is 1. The summed E-state index contributed by atoms with van der Waals surface area (Å²) in [6.45, 7) is 9.65. The highest BCUT2D eigenvalue weighted by molar-refractivity contribution is 6.76. The number of aromatic nitrogens is 2. The van der Waals surface area contributed by atoms with E-state index in [4.69, 9.17) is 10.5 Å². The van der Waals surface area contributed by atoms with E-state index >= 15 is 0 Å². The third kappa shape index (κ3) is 5.85. The first kappa shape index (κ1) is 27.6. The van der Waals surface area contributed by atoms with E-state index in [0.29, 0.717) is 25.3 Å². The predicted octanol–water partition coefficient (Wildman–Crippen LogP) is 4.58. The maximum Gasteiger partial charge on any atom is 0.337 e. The molecule has 0 saturated carbocycles. The van der Waals surface area contributed by atoms with E-state index in [0.717, 1.165) is 22.9 Å². The molecule has 1 amide bonds. The van der Waals surface area contributed by atoms with Crippen LogP contribution in [0.4, 0.5) is 5.82 Å². The standard InChI is InChI=1S/C21H25N3O4Si.C8H11N/c1-29(2,3)8-7-28-13-24-18-16(5-4-6-22-18)21(20(24)27)10-14-9-15(19(25)26)12-23-17(14)11-21;1-7(9)8-5-3-2-4-6-8/h4-6,9,12H,7-8,10-11,13H2,1-3H3,(H,25,26);2-7H,9H2,1H3/t21-;7-/m00/s1. The van der Waals surface area contributed by atoms with Crippen LogP contribution >= 0.6 is 0 Å². The maximum atomic E-state index is 13.5. The highest BCUT2D eigenvalue weighted by atomic mass is 28.3. The van der Waals surface area contributed by atoms with Crippen molar-refractivity contribution < 1.29 is 19.4 Å². The summed E-state index contributed by atoms with van der Waals surface area (Å²) in [6, 6.07) is 16.7. The van der Waals surface area contributed by atoms with Gasteiger partial charge in [0.25, 0.3) is 0 Å². The first-order valence-corrected chi connectivity index (χ1v) is 16.6. The molecular formula is C29H36N4O4Si. The number of anilines is 1. The summed E-state index contributed by atoms with van der Waals surface area (Å²) in [7, 11) is -1.21. The summed E-state index contributed by atoms with van der Waals surface area (Å²) in [5, 5.41) is 9.26. The number of benzene rings is 1. The second-order valence-corrected chi connectivity index (χ2v) is 16.8. The zero-order chi connectivity index (χ0) is 27.5. The van der Waals surface area contributed by atoms with Gasteiger partial charge in [-0.1, -0.05) is 56.0 Å². The van der Waals surface area contributed by atoms with Crippen molar-refractivity contribution in [2.75, 3.05) is 18.2 Å². The Hall–Kier alpha value is -3.40. The molecule has 0 saturated heterocycles. The molecular weight excluding hydrogens is 496 g/mol. The molecule has 2 aliphatic rings. The third-order valence-corrected chi connectivity index (χ3v) is 8.73. The lowest BCUT2D eigenvalue weighted by atomic mass is 9.79. The van der Waals surface area contributed by atoms with Crippen LogP contribution in [0.15, 0.2) is 60.9 Å². The number of carboxylic acids is 1. The fourth-order valence-corrected chi connectivity index (χ4v) is 5.61. The molecule has 1 aliphatic heterocycles. The van der Waals surface area contributed by atoms with Crippen molar-refractivity contribution in [2.24, 2.45) is 5.73 Å². The first-order chi connectivity index (χ1) is 18.0. The van der Waals surface area contributed by atoms with Gasteiger partial charge < -0.3 is 15.6 Å². The van der Waals surface area contributed by atoms with E-state index in [2.05, 4.69) is 29.6 Å². The van der Waals surface area contributed by atoms with Crippen molar-refractivity contribution in [1.82, 2.24) is 9.97 Å². The molecule has 8 nitrogen and oxygen atoms in total. The van der Waals surface area contributed by atoms with E-state index in [1.807, 2.05) is 49.4 Å². The van der Waals surface area contributed by atoms with Gasteiger partial charge in [0.2, 0.25) is 5.91 Å². The van der Waals surface area contributed by atoms with Crippen LogP contribution in [0.1, 0.15) is 45.7 Å². The highest BCUT2D eigenvalue weighted by Gasteiger charge is 2.55.